The van der Waals surface area contributed by atoms with E-state index >= 15 is 0 Å². The van der Waals surface area contributed by atoms with Crippen molar-refractivity contribution < 1.29 is 4.92 Å². The third kappa shape index (κ3) is 1.75. The highest BCUT2D eigenvalue weighted by atomic mass is 16.6. The van der Waals surface area contributed by atoms with Crippen LogP contribution < -0.4 is 4.90 Å². The zero-order valence-electron chi connectivity index (χ0n) is 9.59. The zero-order chi connectivity index (χ0) is 11.7. The van der Waals surface area contributed by atoms with Gasteiger partial charge in [0.15, 0.2) is 0 Å². The van der Waals surface area contributed by atoms with E-state index in [0.29, 0.717) is 12.0 Å². The van der Waals surface area contributed by atoms with Gasteiger partial charge in [-0.3, -0.25) is 10.1 Å². The Morgan fingerprint density at radius 2 is 2.06 bits per heavy atom. The highest BCUT2D eigenvalue weighted by Gasteiger charge is 2.31. The topological polar surface area (TPSA) is 46.4 Å². The van der Waals surface area contributed by atoms with Gasteiger partial charge in [-0.05, 0) is 25.3 Å². The summed E-state index contributed by atoms with van der Waals surface area (Å²) in [6.07, 6.45) is 1.10. The van der Waals surface area contributed by atoms with Gasteiger partial charge < -0.3 is 4.90 Å². The molecule has 16 heavy (non-hydrogen) atoms. The number of hydrogen-bond acceptors (Lipinski definition) is 3. The van der Waals surface area contributed by atoms with E-state index < -0.39 is 0 Å². The molecule has 2 unspecified atom stereocenters. The van der Waals surface area contributed by atoms with Crippen LogP contribution in [0.25, 0.3) is 0 Å². The molecular weight excluding hydrogens is 204 g/mol. The van der Waals surface area contributed by atoms with Crippen molar-refractivity contribution in [2.75, 3.05) is 11.4 Å². The number of rotatable bonds is 2. The maximum absolute atomic E-state index is 10.9. The van der Waals surface area contributed by atoms with Crippen molar-refractivity contribution in [2.24, 2.45) is 5.92 Å². The van der Waals surface area contributed by atoms with Gasteiger partial charge >= 0.3 is 0 Å². The van der Waals surface area contributed by atoms with Crippen LogP contribution in [0.5, 0.6) is 0 Å². The molecule has 1 aromatic carbocycles. The summed E-state index contributed by atoms with van der Waals surface area (Å²) in [6.45, 7) is 5.24. The van der Waals surface area contributed by atoms with E-state index in [1.54, 1.807) is 12.1 Å². The molecule has 4 heteroatoms. The standard InChI is InChI=1S/C12H16N2O2/c1-9-7-8-13(10(9)2)11-5-3-4-6-12(11)14(15)16/h3-6,9-10H,7-8H2,1-2H3. The third-order valence-corrected chi connectivity index (χ3v) is 3.53. The number of nitrogens with zero attached hydrogens (tertiary/aromatic N) is 2. The Morgan fingerprint density at radius 3 is 2.62 bits per heavy atom. The Kier molecular flexibility index (Phi) is 2.81. The monoisotopic (exact) mass is 220 g/mol. The van der Waals surface area contributed by atoms with Crippen LogP contribution >= 0.6 is 0 Å². The smallest absolute Gasteiger partial charge is 0.292 e. The van der Waals surface area contributed by atoms with Crippen LogP contribution in [0.15, 0.2) is 24.3 Å². The van der Waals surface area contributed by atoms with Crippen molar-refractivity contribution in [3.63, 3.8) is 0 Å². The lowest BCUT2D eigenvalue weighted by atomic mass is 10.0. The Hall–Kier alpha value is -1.58. The minimum Gasteiger partial charge on any atom is -0.363 e. The fraction of sp³-hybridized carbons (Fsp3) is 0.500. The molecule has 1 fully saturated rings. The molecule has 0 bridgehead atoms. The van der Waals surface area contributed by atoms with Gasteiger partial charge in [-0.2, -0.15) is 0 Å². The molecule has 2 rings (SSSR count). The maximum Gasteiger partial charge on any atom is 0.292 e. The van der Waals surface area contributed by atoms with Crippen LogP contribution in [0.1, 0.15) is 20.3 Å². The average Bonchev–Trinajstić information content (AvgIpc) is 2.60. The van der Waals surface area contributed by atoms with Crippen molar-refractivity contribution in [1.82, 2.24) is 0 Å². The fourth-order valence-electron chi connectivity index (χ4n) is 2.30. The zero-order valence-corrected chi connectivity index (χ0v) is 9.59. The molecule has 4 nitrogen and oxygen atoms in total. The van der Waals surface area contributed by atoms with E-state index in [4.69, 9.17) is 0 Å². The number of para-hydroxylation sites is 2. The van der Waals surface area contributed by atoms with E-state index in [2.05, 4.69) is 18.7 Å². The molecule has 0 saturated carbocycles. The lowest BCUT2D eigenvalue weighted by molar-refractivity contribution is -0.384. The van der Waals surface area contributed by atoms with Crippen molar-refractivity contribution in [3.05, 3.63) is 34.4 Å². The molecule has 0 aromatic heterocycles. The summed E-state index contributed by atoms with van der Waals surface area (Å²) < 4.78 is 0. The van der Waals surface area contributed by atoms with Gasteiger partial charge in [0.1, 0.15) is 5.69 Å². The summed E-state index contributed by atoms with van der Waals surface area (Å²) in [5.74, 6) is 0.597. The van der Waals surface area contributed by atoms with Gasteiger partial charge in [-0.1, -0.05) is 19.1 Å². The van der Waals surface area contributed by atoms with Gasteiger partial charge in [-0.15, -0.1) is 0 Å². The van der Waals surface area contributed by atoms with Gasteiger partial charge in [-0.25, -0.2) is 0 Å². The molecule has 0 amide bonds. The van der Waals surface area contributed by atoms with Crippen molar-refractivity contribution in [1.29, 1.82) is 0 Å². The summed E-state index contributed by atoms with van der Waals surface area (Å²) >= 11 is 0. The number of nitro groups is 1. The van der Waals surface area contributed by atoms with Gasteiger partial charge in [0.25, 0.3) is 5.69 Å². The Morgan fingerprint density at radius 1 is 1.38 bits per heavy atom. The molecule has 1 aliphatic rings. The first kappa shape index (κ1) is 10.9. The summed E-state index contributed by atoms with van der Waals surface area (Å²) in [5.41, 5.74) is 0.966. The normalized spacial score (nSPS) is 24.8. The quantitative estimate of drug-likeness (QED) is 0.568. The van der Waals surface area contributed by atoms with Crippen LogP contribution in [-0.2, 0) is 0 Å². The van der Waals surface area contributed by atoms with E-state index in [9.17, 15) is 10.1 Å². The highest BCUT2D eigenvalue weighted by molar-refractivity contribution is 5.64. The first-order valence-corrected chi connectivity index (χ1v) is 5.61. The molecule has 0 aliphatic carbocycles. The number of nitro benzene ring substituents is 1. The third-order valence-electron chi connectivity index (χ3n) is 3.53. The average molecular weight is 220 g/mol. The van der Waals surface area contributed by atoms with Crippen LogP contribution in [0.2, 0.25) is 0 Å². The predicted octanol–water partition coefficient (Wildman–Crippen LogP) is 2.83. The van der Waals surface area contributed by atoms with Crippen LogP contribution in [-0.4, -0.2) is 17.5 Å². The lowest BCUT2D eigenvalue weighted by Crippen LogP contribution is -2.29. The molecule has 1 heterocycles. The molecule has 1 aromatic rings. The summed E-state index contributed by atoms with van der Waals surface area (Å²) in [4.78, 5) is 12.8. The first-order chi connectivity index (χ1) is 7.61. The fourth-order valence-corrected chi connectivity index (χ4v) is 2.30. The number of anilines is 1. The van der Waals surface area contributed by atoms with Crippen molar-refractivity contribution in [3.8, 4) is 0 Å². The van der Waals surface area contributed by atoms with E-state index in [0.717, 1.165) is 18.7 Å². The van der Waals surface area contributed by atoms with Crippen molar-refractivity contribution in [2.45, 2.75) is 26.3 Å². The summed E-state index contributed by atoms with van der Waals surface area (Å²) in [6, 6.07) is 7.36. The van der Waals surface area contributed by atoms with Crippen LogP contribution in [0, 0.1) is 16.0 Å². The van der Waals surface area contributed by atoms with E-state index in [-0.39, 0.29) is 10.6 Å². The second kappa shape index (κ2) is 4.12. The molecule has 2 atom stereocenters. The van der Waals surface area contributed by atoms with Gasteiger partial charge in [0.05, 0.1) is 4.92 Å². The Labute approximate surface area is 95.0 Å². The molecule has 0 N–H and O–H groups in total. The largest absolute Gasteiger partial charge is 0.363 e. The van der Waals surface area contributed by atoms with Crippen LogP contribution in [0.3, 0.4) is 0 Å². The van der Waals surface area contributed by atoms with E-state index in [1.807, 2.05) is 12.1 Å². The van der Waals surface area contributed by atoms with Crippen molar-refractivity contribution >= 4 is 11.4 Å². The summed E-state index contributed by atoms with van der Waals surface area (Å²) in [5, 5.41) is 10.9. The molecular formula is C12H16N2O2. The van der Waals surface area contributed by atoms with E-state index in [1.165, 1.54) is 0 Å². The minimum absolute atomic E-state index is 0.212. The first-order valence-electron chi connectivity index (χ1n) is 5.61. The Bertz CT molecular complexity index is 406. The molecule has 0 spiro atoms. The number of benzene rings is 1. The lowest BCUT2D eigenvalue weighted by Gasteiger charge is -2.25. The molecule has 1 aliphatic heterocycles. The minimum atomic E-state index is -0.301. The van der Waals surface area contributed by atoms with Crippen LogP contribution in [0.4, 0.5) is 11.4 Å². The predicted molar refractivity (Wildman–Crippen MR) is 63.7 cm³/mol. The summed E-state index contributed by atoms with van der Waals surface area (Å²) in [7, 11) is 0. The van der Waals surface area contributed by atoms with Gasteiger partial charge in [0, 0.05) is 18.7 Å². The highest BCUT2D eigenvalue weighted by Crippen LogP contribution is 2.35. The Balaban J connectivity index is 2.37. The molecule has 0 radical (unpaired) electrons. The SMILES string of the molecule is CC1CCN(c2ccccc2[N+](=O)[O-])C1C. The second-order valence-corrected chi connectivity index (χ2v) is 4.45. The van der Waals surface area contributed by atoms with Gasteiger partial charge in [0.2, 0.25) is 0 Å². The second-order valence-electron chi connectivity index (χ2n) is 4.45. The molecule has 1 saturated heterocycles. The molecule has 86 valence electrons. The number of hydrogen-bond donors (Lipinski definition) is 0. The maximum atomic E-state index is 10.9.